The van der Waals surface area contributed by atoms with Crippen molar-refractivity contribution in [2.45, 2.75) is 152 Å². The molecule has 53 heavy (non-hydrogen) atoms. The molecule has 1 heterocycles. The molecule has 4 aromatic rings. The van der Waals surface area contributed by atoms with Crippen LogP contribution in [0.1, 0.15) is 163 Å². The summed E-state index contributed by atoms with van der Waals surface area (Å²) >= 11 is 0. The number of phosphoric ester groups is 1. The second-order valence-corrected chi connectivity index (χ2v) is 21.1. The van der Waals surface area contributed by atoms with Crippen molar-refractivity contribution in [3.05, 3.63) is 115 Å². The summed E-state index contributed by atoms with van der Waals surface area (Å²) in [6, 6.07) is 16.8. The number of phenolic OH excluding ortho intramolecular Hbond substituents is 1. The van der Waals surface area contributed by atoms with Gasteiger partial charge in [-0.2, -0.15) is 4.57 Å². The van der Waals surface area contributed by atoms with Crippen molar-refractivity contribution in [1.29, 1.82) is 0 Å². The molecule has 5 nitrogen and oxygen atoms in total. The van der Waals surface area contributed by atoms with Crippen molar-refractivity contribution in [3.63, 3.8) is 0 Å². The molecular weight excluding hydrogens is 675 g/mol. The summed E-state index contributed by atoms with van der Waals surface area (Å²) in [7, 11) is -4.48. The molecule has 1 N–H and O–H groups in total. The molecule has 1 atom stereocenters. The molecular formula is C47H63O5P. The molecule has 286 valence electrons. The van der Waals surface area contributed by atoms with E-state index in [9.17, 15) is 5.11 Å². The zero-order valence-electron chi connectivity index (χ0n) is 35.4. The minimum absolute atomic E-state index is 0.267. The maximum atomic E-state index is 15.9. The molecule has 0 spiro atoms. The summed E-state index contributed by atoms with van der Waals surface area (Å²) in [5, 5.41) is 11.8. The molecule has 0 radical (unpaired) electrons. The fraction of sp³-hybridized carbons (Fsp3) is 0.489. The summed E-state index contributed by atoms with van der Waals surface area (Å²) < 4.78 is 36.5. The number of aromatic hydroxyl groups is 1. The molecule has 1 unspecified atom stereocenters. The summed E-state index contributed by atoms with van der Waals surface area (Å²) in [5.41, 5.74) is 10.1. The van der Waals surface area contributed by atoms with Gasteiger partial charge in [0.1, 0.15) is 23.0 Å². The van der Waals surface area contributed by atoms with Crippen molar-refractivity contribution in [3.8, 4) is 23.0 Å². The van der Waals surface area contributed by atoms with E-state index in [2.05, 4.69) is 160 Å². The van der Waals surface area contributed by atoms with Crippen LogP contribution >= 0.6 is 7.82 Å². The Balaban J connectivity index is 1.84. The van der Waals surface area contributed by atoms with Crippen LogP contribution in [0.5, 0.6) is 23.0 Å². The van der Waals surface area contributed by atoms with Crippen molar-refractivity contribution >= 4 is 7.82 Å². The number of fused-ring (bicyclic) bond motifs is 2. The SMILES string of the molecule is Cc1cc(C(C)c2cc(C)cc(C(C)(C)C)c2OP2(=O)Oc3c(cc(C)cc3C(C)(C)C)Cc3cc(C)cc(C(C)(C)C)c3O2)c(O)c(C(C)(C)C)c1. The number of hydrogen-bond donors (Lipinski definition) is 1. The summed E-state index contributed by atoms with van der Waals surface area (Å²) in [4.78, 5) is 0. The highest BCUT2D eigenvalue weighted by atomic mass is 31.2. The molecule has 0 aliphatic carbocycles. The highest BCUT2D eigenvalue weighted by Gasteiger charge is 2.43. The number of hydrogen-bond acceptors (Lipinski definition) is 5. The second-order valence-electron chi connectivity index (χ2n) is 19.7. The first kappa shape index (κ1) is 40.5. The van der Waals surface area contributed by atoms with Gasteiger partial charge in [-0.15, -0.1) is 0 Å². The average molecular weight is 739 g/mol. The standard InChI is InChI=1S/C47H63O5P/c1-27-18-32-26-33-19-28(2)24-38(46(12,13)14)42(33)51-53(49,50-41(32)37(23-27)45(9,10)11)52-43-35(21-30(4)25-39(43)47(15,16)17)31(5)34-20-29(3)22-36(40(34)48)44(6,7)8/h18-25,31,48H,26H2,1-17H3. The van der Waals surface area contributed by atoms with E-state index in [4.69, 9.17) is 13.6 Å². The monoisotopic (exact) mass is 738 g/mol. The van der Waals surface area contributed by atoms with Crippen LogP contribution in [-0.2, 0) is 32.6 Å². The molecule has 0 amide bonds. The molecule has 0 aromatic heterocycles. The van der Waals surface area contributed by atoms with Gasteiger partial charge in [-0.05, 0) is 66.0 Å². The highest BCUT2D eigenvalue weighted by Crippen LogP contribution is 2.59. The van der Waals surface area contributed by atoms with E-state index >= 15 is 4.57 Å². The first-order valence-corrected chi connectivity index (χ1v) is 20.5. The molecule has 0 saturated heterocycles. The first-order chi connectivity index (χ1) is 24.1. The lowest BCUT2D eigenvalue weighted by atomic mass is 9.79. The third kappa shape index (κ3) is 8.36. The van der Waals surface area contributed by atoms with E-state index in [0.29, 0.717) is 23.7 Å². The Morgan fingerprint density at radius 3 is 1.34 bits per heavy atom. The quantitative estimate of drug-likeness (QED) is 0.211. The molecule has 6 heteroatoms. The zero-order chi connectivity index (χ0) is 39.8. The fourth-order valence-electron chi connectivity index (χ4n) is 7.54. The molecule has 4 aromatic carbocycles. The third-order valence-corrected chi connectivity index (χ3v) is 11.5. The highest BCUT2D eigenvalue weighted by molar-refractivity contribution is 7.49. The maximum absolute atomic E-state index is 15.9. The van der Waals surface area contributed by atoms with Gasteiger partial charge in [0.2, 0.25) is 0 Å². The average Bonchev–Trinajstić information content (AvgIpc) is 2.98. The Bertz CT molecular complexity index is 2040. The van der Waals surface area contributed by atoms with Gasteiger partial charge in [0.25, 0.3) is 0 Å². The third-order valence-electron chi connectivity index (χ3n) is 10.3. The van der Waals surface area contributed by atoms with Gasteiger partial charge in [-0.3, -0.25) is 0 Å². The molecule has 5 rings (SSSR count). The normalized spacial score (nSPS) is 15.3. The molecule has 0 saturated carbocycles. The van der Waals surface area contributed by atoms with Crippen LogP contribution in [0.25, 0.3) is 0 Å². The first-order valence-electron chi connectivity index (χ1n) is 19.0. The topological polar surface area (TPSA) is 65.0 Å². The van der Waals surface area contributed by atoms with Gasteiger partial charge in [0, 0.05) is 40.2 Å². The Morgan fingerprint density at radius 2 is 0.925 bits per heavy atom. The van der Waals surface area contributed by atoms with Crippen molar-refractivity contribution < 1.29 is 23.2 Å². The summed E-state index contributed by atoms with van der Waals surface area (Å²) in [6.07, 6.45) is 0.559. The van der Waals surface area contributed by atoms with E-state index in [-0.39, 0.29) is 27.9 Å². The lowest BCUT2D eigenvalue weighted by Crippen LogP contribution is -2.22. The maximum Gasteiger partial charge on any atom is 0.647 e. The van der Waals surface area contributed by atoms with Crippen molar-refractivity contribution in [2.24, 2.45) is 0 Å². The predicted molar refractivity (Wildman–Crippen MR) is 221 cm³/mol. The Kier molecular flexibility index (Phi) is 10.4. The zero-order valence-corrected chi connectivity index (χ0v) is 36.3. The van der Waals surface area contributed by atoms with Gasteiger partial charge in [0.05, 0.1) is 0 Å². The lowest BCUT2D eigenvalue weighted by molar-refractivity contribution is 0.285. The van der Waals surface area contributed by atoms with E-state index in [1.807, 2.05) is 6.07 Å². The summed E-state index contributed by atoms with van der Waals surface area (Å²) in [5.74, 6) is 1.48. The van der Waals surface area contributed by atoms with Crippen LogP contribution in [0.4, 0.5) is 0 Å². The van der Waals surface area contributed by atoms with E-state index < -0.39 is 13.2 Å². The van der Waals surface area contributed by atoms with Gasteiger partial charge in [-0.1, -0.05) is 161 Å². The molecule has 0 bridgehead atoms. The van der Waals surface area contributed by atoms with Gasteiger partial charge < -0.3 is 18.7 Å². The molecule has 1 aliphatic heterocycles. The Hall–Kier alpha value is -3.69. The van der Waals surface area contributed by atoms with Crippen LogP contribution in [-0.4, -0.2) is 5.11 Å². The number of benzene rings is 4. The largest absolute Gasteiger partial charge is 0.647 e. The van der Waals surface area contributed by atoms with E-state index in [1.54, 1.807) is 0 Å². The number of aryl methyl sites for hydroxylation is 4. The Labute approximate surface area is 320 Å². The minimum atomic E-state index is -4.48. The van der Waals surface area contributed by atoms with Crippen LogP contribution in [0.15, 0.2) is 48.5 Å². The van der Waals surface area contributed by atoms with Gasteiger partial charge >= 0.3 is 7.82 Å². The molecule has 1 aliphatic rings. The van der Waals surface area contributed by atoms with E-state index in [0.717, 1.165) is 66.8 Å². The van der Waals surface area contributed by atoms with Crippen LogP contribution in [0.3, 0.4) is 0 Å². The van der Waals surface area contributed by atoms with Crippen molar-refractivity contribution in [2.75, 3.05) is 0 Å². The number of phosphoric acid groups is 1. The van der Waals surface area contributed by atoms with Crippen LogP contribution in [0.2, 0.25) is 0 Å². The Morgan fingerprint density at radius 1 is 0.566 bits per heavy atom. The minimum Gasteiger partial charge on any atom is -0.507 e. The second kappa shape index (κ2) is 13.6. The predicted octanol–water partition coefficient (Wildman–Crippen LogP) is 13.5. The fourth-order valence-corrected chi connectivity index (χ4v) is 8.96. The van der Waals surface area contributed by atoms with Gasteiger partial charge in [-0.25, -0.2) is 0 Å². The number of phenols is 1. The summed E-state index contributed by atoms with van der Waals surface area (Å²) in [6.45, 7) is 36.0. The van der Waals surface area contributed by atoms with E-state index in [1.165, 1.54) is 0 Å². The molecule has 0 fully saturated rings. The van der Waals surface area contributed by atoms with Crippen LogP contribution in [0, 0.1) is 27.7 Å². The van der Waals surface area contributed by atoms with Crippen molar-refractivity contribution in [1.82, 2.24) is 0 Å². The lowest BCUT2D eigenvalue weighted by Gasteiger charge is -2.34. The van der Waals surface area contributed by atoms with Crippen LogP contribution < -0.4 is 13.6 Å². The van der Waals surface area contributed by atoms with Gasteiger partial charge in [0.15, 0.2) is 0 Å². The smallest absolute Gasteiger partial charge is 0.507 e. The number of rotatable bonds is 4.